The van der Waals surface area contributed by atoms with Gasteiger partial charge < -0.3 is 9.84 Å². The van der Waals surface area contributed by atoms with E-state index in [0.29, 0.717) is 10.8 Å². The summed E-state index contributed by atoms with van der Waals surface area (Å²) in [5.74, 6) is 0.625. The number of hydrogen-bond acceptors (Lipinski definition) is 5. The number of rotatable bonds is 5. The van der Waals surface area contributed by atoms with Crippen LogP contribution in [-0.2, 0) is 19.4 Å². The molecule has 0 aliphatic heterocycles. The molecule has 1 N–H and O–H groups in total. The first kappa shape index (κ1) is 16.6. The molecule has 25 heavy (non-hydrogen) atoms. The van der Waals surface area contributed by atoms with Crippen LogP contribution in [0.25, 0.3) is 10.2 Å². The van der Waals surface area contributed by atoms with Gasteiger partial charge in [0.05, 0.1) is 18.3 Å². The number of halogens is 1. The average molecular weight is 377 g/mol. The Bertz CT molecular complexity index is 965. The number of hydrogen-bond donors (Lipinski definition) is 1. The lowest BCUT2D eigenvalue weighted by molar-refractivity contribution is 0.0915. The summed E-state index contributed by atoms with van der Waals surface area (Å²) < 4.78 is 7.01. The summed E-state index contributed by atoms with van der Waals surface area (Å²) in [5.41, 5.74) is 1.08. The summed E-state index contributed by atoms with van der Waals surface area (Å²) >= 11 is 7.44. The Morgan fingerprint density at radius 2 is 2.12 bits per heavy atom. The van der Waals surface area contributed by atoms with Gasteiger partial charge in [-0.3, -0.25) is 9.36 Å². The molecule has 1 unspecified atom stereocenters. The molecule has 1 aliphatic rings. The van der Waals surface area contributed by atoms with Crippen LogP contribution in [0.1, 0.15) is 16.9 Å². The van der Waals surface area contributed by atoms with E-state index in [-0.39, 0.29) is 18.7 Å². The second-order valence-corrected chi connectivity index (χ2v) is 7.68. The minimum atomic E-state index is -0.806. The van der Waals surface area contributed by atoms with Crippen molar-refractivity contribution in [1.82, 2.24) is 9.55 Å². The molecule has 3 aromatic rings. The lowest BCUT2D eigenvalue weighted by Crippen LogP contribution is -2.30. The maximum Gasteiger partial charge on any atom is 0.262 e. The predicted octanol–water partition coefficient (Wildman–Crippen LogP) is 3.04. The normalized spacial score (nSPS) is 14.6. The van der Waals surface area contributed by atoms with Gasteiger partial charge in [-0.2, -0.15) is 0 Å². The molecule has 1 atom stereocenters. The van der Waals surface area contributed by atoms with E-state index in [0.717, 1.165) is 35.0 Å². The molecule has 4 rings (SSSR count). The second kappa shape index (κ2) is 6.78. The molecule has 0 saturated heterocycles. The van der Waals surface area contributed by atoms with Crippen molar-refractivity contribution in [2.45, 2.75) is 31.9 Å². The number of ether oxygens (including phenoxy) is 1. The van der Waals surface area contributed by atoms with Crippen molar-refractivity contribution in [2.24, 2.45) is 0 Å². The summed E-state index contributed by atoms with van der Waals surface area (Å²) in [6, 6.07) is 6.93. The molecule has 0 fully saturated rings. The second-order valence-electron chi connectivity index (χ2n) is 6.16. The number of nitrogens with zero attached hydrogens (tertiary/aromatic N) is 2. The molecule has 0 amide bonds. The lowest BCUT2D eigenvalue weighted by Gasteiger charge is -2.14. The van der Waals surface area contributed by atoms with E-state index in [1.165, 1.54) is 15.8 Å². The first-order valence-electron chi connectivity index (χ1n) is 8.18. The molecule has 0 bridgehead atoms. The van der Waals surface area contributed by atoms with Crippen LogP contribution in [0.3, 0.4) is 0 Å². The third-order valence-corrected chi connectivity index (χ3v) is 5.81. The van der Waals surface area contributed by atoms with E-state index >= 15 is 0 Å². The van der Waals surface area contributed by atoms with Crippen molar-refractivity contribution in [3.05, 3.63) is 56.4 Å². The number of aryl methyl sites for hydroxylation is 2. The fourth-order valence-electron chi connectivity index (χ4n) is 3.15. The molecule has 1 aliphatic carbocycles. The van der Waals surface area contributed by atoms with Gasteiger partial charge in [0.25, 0.3) is 5.56 Å². The maximum absolute atomic E-state index is 12.8. The topological polar surface area (TPSA) is 64.4 Å². The third kappa shape index (κ3) is 3.29. The van der Waals surface area contributed by atoms with E-state index < -0.39 is 6.10 Å². The van der Waals surface area contributed by atoms with E-state index in [4.69, 9.17) is 16.3 Å². The molecule has 0 spiro atoms. The Morgan fingerprint density at radius 1 is 1.32 bits per heavy atom. The summed E-state index contributed by atoms with van der Waals surface area (Å²) in [6.07, 6.45) is 3.79. The molecular formula is C18H17ClN2O3S. The molecule has 130 valence electrons. The molecular weight excluding hydrogens is 360 g/mol. The average Bonchev–Trinajstić information content (AvgIpc) is 3.18. The van der Waals surface area contributed by atoms with Crippen molar-refractivity contribution in [1.29, 1.82) is 0 Å². The van der Waals surface area contributed by atoms with E-state index in [1.54, 1.807) is 35.6 Å². The number of aromatic nitrogens is 2. The Labute approximate surface area is 153 Å². The van der Waals surface area contributed by atoms with Gasteiger partial charge in [-0.15, -0.1) is 11.3 Å². The third-order valence-electron chi connectivity index (χ3n) is 4.36. The van der Waals surface area contributed by atoms with Crippen molar-refractivity contribution in [2.75, 3.05) is 6.61 Å². The molecule has 0 saturated carbocycles. The molecule has 2 aromatic heterocycles. The van der Waals surface area contributed by atoms with Crippen molar-refractivity contribution >= 4 is 33.2 Å². The van der Waals surface area contributed by atoms with Crippen LogP contribution in [0.15, 0.2) is 35.4 Å². The van der Waals surface area contributed by atoms with E-state index in [9.17, 15) is 9.90 Å². The first-order valence-corrected chi connectivity index (χ1v) is 9.37. The van der Waals surface area contributed by atoms with Gasteiger partial charge in [0.1, 0.15) is 23.3 Å². The molecule has 1 aromatic carbocycles. The fourth-order valence-corrected chi connectivity index (χ4v) is 4.50. The van der Waals surface area contributed by atoms with Crippen molar-refractivity contribution in [3.8, 4) is 5.75 Å². The zero-order valence-electron chi connectivity index (χ0n) is 13.4. The van der Waals surface area contributed by atoms with Crippen LogP contribution in [0.2, 0.25) is 5.02 Å². The standard InChI is InChI=1S/C18H17ClN2O3S/c19-11-4-6-13(7-5-11)24-9-12(22)8-21-10-20-17-16(18(21)23)14-2-1-3-15(14)25-17/h4-7,10,12,22H,1-3,8-9H2. The number of fused-ring (bicyclic) bond motifs is 3. The monoisotopic (exact) mass is 376 g/mol. The molecule has 7 heteroatoms. The lowest BCUT2D eigenvalue weighted by atomic mass is 10.2. The summed E-state index contributed by atoms with van der Waals surface area (Å²) in [7, 11) is 0. The number of aliphatic hydroxyl groups is 1. The van der Waals surface area contributed by atoms with Crippen LogP contribution in [0, 0.1) is 0 Å². The maximum atomic E-state index is 12.8. The van der Waals surface area contributed by atoms with Gasteiger partial charge in [0.15, 0.2) is 0 Å². The number of benzene rings is 1. The highest BCUT2D eigenvalue weighted by Crippen LogP contribution is 2.34. The van der Waals surface area contributed by atoms with Crippen LogP contribution in [0.5, 0.6) is 5.75 Å². The predicted molar refractivity (Wildman–Crippen MR) is 98.9 cm³/mol. The summed E-state index contributed by atoms with van der Waals surface area (Å²) in [6.45, 7) is 0.244. The smallest absolute Gasteiger partial charge is 0.262 e. The quantitative estimate of drug-likeness (QED) is 0.743. The summed E-state index contributed by atoms with van der Waals surface area (Å²) in [5, 5.41) is 11.6. The zero-order chi connectivity index (χ0) is 17.4. The largest absolute Gasteiger partial charge is 0.491 e. The van der Waals surface area contributed by atoms with Gasteiger partial charge in [-0.1, -0.05) is 11.6 Å². The van der Waals surface area contributed by atoms with Crippen LogP contribution < -0.4 is 10.3 Å². The van der Waals surface area contributed by atoms with Crippen molar-refractivity contribution < 1.29 is 9.84 Å². The number of aliphatic hydroxyl groups excluding tert-OH is 1. The van der Waals surface area contributed by atoms with Gasteiger partial charge >= 0.3 is 0 Å². The highest BCUT2D eigenvalue weighted by Gasteiger charge is 2.21. The molecule has 2 heterocycles. The minimum Gasteiger partial charge on any atom is -0.491 e. The van der Waals surface area contributed by atoms with Crippen LogP contribution >= 0.6 is 22.9 Å². The Morgan fingerprint density at radius 3 is 2.92 bits per heavy atom. The van der Waals surface area contributed by atoms with Crippen LogP contribution in [0.4, 0.5) is 0 Å². The zero-order valence-corrected chi connectivity index (χ0v) is 15.0. The fraction of sp³-hybridized carbons (Fsp3) is 0.333. The van der Waals surface area contributed by atoms with Gasteiger partial charge in [0, 0.05) is 9.90 Å². The highest BCUT2D eigenvalue weighted by molar-refractivity contribution is 7.18. The molecule has 5 nitrogen and oxygen atoms in total. The van der Waals surface area contributed by atoms with E-state index in [1.807, 2.05) is 0 Å². The number of thiophene rings is 1. The molecule has 0 radical (unpaired) electrons. The SMILES string of the molecule is O=c1c2c3c(sc2ncn1CC(O)COc1ccc(Cl)cc1)CCC3. The first-order chi connectivity index (χ1) is 12.1. The minimum absolute atomic E-state index is 0.0741. The van der Waals surface area contributed by atoms with Gasteiger partial charge in [-0.25, -0.2) is 4.98 Å². The summed E-state index contributed by atoms with van der Waals surface area (Å²) in [4.78, 5) is 19.2. The Kier molecular flexibility index (Phi) is 4.50. The van der Waals surface area contributed by atoms with Crippen molar-refractivity contribution in [3.63, 3.8) is 0 Å². The van der Waals surface area contributed by atoms with E-state index in [2.05, 4.69) is 4.98 Å². The van der Waals surface area contributed by atoms with Gasteiger partial charge in [-0.05, 0) is 49.1 Å². The highest BCUT2D eigenvalue weighted by atomic mass is 35.5. The Balaban J connectivity index is 1.49. The Hall–Kier alpha value is -1.89. The van der Waals surface area contributed by atoms with Gasteiger partial charge in [0.2, 0.25) is 0 Å². The van der Waals surface area contributed by atoms with Crippen LogP contribution in [-0.4, -0.2) is 27.4 Å².